The second kappa shape index (κ2) is 5.46. The maximum absolute atomic E-state index is 11.7. The van der Waals surface area contributed by atoms with Gasteiger partial charge in [0, 0.05) is 6.42 Å². The number of carbonyl (C=O) groups excluding carboxylic acids is 1. The van der Waals surface area contributed by atoms with Gasteiger partial charge in [-0.15, -0.1) is 11.3 Å². The Bertz CT molecular complexity index is 521. The van der Waals surface area contributed by atoms with E-state index in [1.165, 1.54) is 11.3 Å². The Morgan fingerprint density at radius 2 is 2.41 bits per heavy atom. The van der Waals surface area contributed by atoms with Crippen molar-refractivity contribution in [3.8, 4) is 0 Å². The minimum atomic E-state index is -0.114. The van der Waals surface area contributed by atoms with Crippen molar-refractivity contribution in [2.75, 3.05) is 0 Å². The van der Waals surface area contributed by atoms with E-state index in [1.807, 2.05) is 13.0 Å². The lowest BCUT2D eigenvalue weighted by atomic mass is 10.4. The number of halogens is 1. The molecule has 0 radical (unpaired) electrons. The first-order valence-electron chi connectivity index (χ1n) is 5.16. The van der Waals surface area contributed by atoms with Gasteiger partial charge < -0.3 is 9.73 Å². The standard InChI is InChI=1S/C11H11BrN2O2S/c1-2-7-5-13-10(16-7)6-14-11(15)8-3-4-9(12)17-8/h3-5H,2,6H2,1H3,(H,14,15). The summed E-state index contributed by atoms with van der Waals surface area (Å²) in [6, 6.07) is 3.62. The van der Waals surface area contributed by atoms with Crippen LogP contribution in [0.25, 0.3) is 0 Å². The number of aryl methyl sites for hydroxylation is 1. The molecule has 90 valence electrons. The Morgan fingerprint density at radius 3 is 3.00 bits per heavy atom. The van der Waals surface area contributed by atoms with Gasteiger partial charge in [0.1, 0.15) is 5.76 Å². The SMILES string of the molecule is CCc1cnc(CNC(=O)c2ccc(Br)s2)o1. The van der Waals surface area contributed by atoms with E-state index in [-0.39, 0.29) is 5.91 Å². The highest BCUT2D eigenvalue weighted by atomic mass is 79.9. The van der Waals surface area contributed by atoms with E-state index in [9.17, 15) is 4.79 Å². The minimum absolute atomic E-state index is 0.114. The maximum atomic E-state index is 11.7. The lowest BCUT2D eigenvalue weighted by Gasteiger charge is -1.99. The summed E-state index contributed by atoms with van der Waals surface area (Å²) in [5.41, 5.74) is 0. The average molecular weight is 315 g/mol. The molecule has 0 saturated carbocycles. The summed E-state index contributed by atoms with van der Waals surface area (Å²) in [4.78, 5) is 16.5. The zero-order valence-corrected chi connectivity index (χ0v) is 11.6. The number of nitrogens with zero attached hydrogens (tertiary/aromatic N) is 1. The summed E-state index contributed by atoms with van der Waals surface area (Å²) in [7, 11) is 0. The van der Waals surface area contributed by atoms with Crippen LogP contribution in [0, 0.1) is 0 Å². The van der Waals surface area contributed by atoms with Gasteiger partial charge in [0.05, 0.1) is 21.4 Å². The maximum Gasteiger partial charge on any atom is 0.261 e. The second-order valence-corrected chi connectivity index (χ2v) is 5.82. The van der Waals surface area contributed by atoms with Gasteiger partial charge in [0.25, 0.3) is 5.91 Å². The molecule has 1 N–H and O–H groups in total. The second-order valence-electron chi connectivity index (χ2n) is 3.36. The molecule has 0 unspecified atom stereocenters. The molecule has 0 aromatic carbocycles. The molecule has 0 saturated heterocycles. The Labute approximate surface area is 111 Å². The van der Waals surface area contributed by atoms with Gasteiger partial charge in [-0.3, -0.25) is 4.79 Å². The van der Waals surface area contributed by atoms with Gasteiger partial charge in [0.2, 0.25) is 5.89 Å². The molecular weight excluding hydrogens is 304 g/mol. The lowest BCUT2D eigenvalue weighted by molar-refractivity contribution is 0.0951. The van der Waals surface area contributed by atoms with E-state index in [0.717, 1.165) is 16.0 Å². The molecule has 1 amide bonds. The van der Waals surface area contributed by atoms with Crippen LogP contribution in [0.4, 0.5) is 0 Å². The number of hydrogen-bond acceptors (Lipinski definition) is 4. The first kappa shape index (κ1) is 12.3. The molecule has 2 aromatic heterocycles. The third-order valence-electron chi connectivity index (χ3n) is 2.15. The van der Waals surface area contributed by atoms with Crippen LogP contribution in [0.3, 0.4) is 0 Å². The van der Waals surface area contributed by atoms with Crippen LogP contribution < -0.4 is 5.32 Å². The minimum Gasteiger partial charge on any atom is -0.444 e. The molecule has 2 rings (SSSR count). The third kappa shape index (κ3) is 3.17. The first-order valence-corrected chi connectivity index (χ1v) is 6.77. The van der Waals surface area contributed by atoms with Crippen LogP contribution in [0.2, 0.25) is 0 Å². The number of amides is 1. The predicted octanol–water partition coefficient (Wildman–Crippen LogP) is 2.99. The van der Waals surface area contributed by atoms with Crippen LogP contribution >= 0.6 is 27.3 Å². The number of nitrogens with one attached hydrogen (secondary N) is 1. The first-order chi connectivity index (χ1) is 8.19. The highest BCUT2D eigenvalue weighted by Gasteiger charge is 2.09. The molecule has 2 heterocycles. The summed E-state index contributed by atoms with van der Waals surface area (Å²) in [5.74, 6) is 1.25. The number of thiophene rings is 1. The van der Waals surface area contributed by atoms with Crippen molar-refractivity contribution < 1.29 is 9.21 Å². The van der Waals surface area contributed by atoms with Crippen molar-refractivity contribution in [3.63, 3.8) is 0 Å². The molecular formula is C11H11BrN2O2S. The fraction of sp³-hybridized carbons (Fsp3) is 0.273. The van der Waals surface area contributed by atoms with Crippen molar-refractivity contribution in [2.24, 2.45) is 0 Å². The van der Waals surface area contributed by atoms with Crippen LogP contribution in [-0.4, -0.2) is 10.9 Å². The molecule has 0 fully saturated rings. The number of oxazole rings is 1. The number of rotatable bonds is 4. The monoisotopic (exact) mass is 314 g/mol. The molecule has 6 heteroatoms. The molecule has 17 heavy (non-hydrogen) atoms. The topological polar surface area (TPSA) is 55.1 Å². The number of carbonyl (C=O) groups is 1. The van der Waals surface area contributed by atoms with Crippen molar-refractivity contribution in [2.45, 2.75) is 19.9 Å². The zero-order valence-electron chi connectivity index (χ0n) is 9.20. The van der Waals surface area contributed by atoms with Crippen LogP contribution in [0.15, 0.2) is 26.5 Å². The molecule has 0 aliphatic carbocycles. The average Bonchev–Trinajstić information content (AvgIpc) is 2.94. The Balaban J connectivity index is 1.92. The molecule has 2 aromatic rings. The Hall–Kier alpha value is -1.14. The van der Waals surface area contributed by atoms with Crippen molar-refractivity contribution in [1.82, 2.24) is 10.3 Å². The van der Waals surface area contributed by atoms with Gasteiger partial charge in [-0.1, -0.05) is 6.92 Å². The Kier molecular flexibility index (Phi) is 3.96. The summed E-state index contributed by atoms with van der Waals surface area (Å²) in [6.45, 7) is 2.31. The molecule has 0 spiro atoms. The summed E-state index contributed by atoms with van der Waals surface area (Å²) < 4.78 is 6.33. The van der Waals surface area contributed by atoms with Gasteiger partial charge in [-0.2, -0.15) is 0 Å². The van der Waals surface area contributed by atoms with E-state index >= 15 is 0 Å². The lowest BCUT2D eigenvalue weighted by Crippen LogP contribution is -2.21. The summed E-state index contributed by atoms with van der Waals surface area (Å²) >= 11 is 4.71. The molecule has 4 nitrogen and oxygen atoms in total. The molecule has 0 atom stereocenters. The van der Waals surface area contributed by atoms with Gasteiger partial charge >= 0.3 is 0 Å². The third-order valence-corrected chi connectivity index (χ3v) is 3.77. The van der Waals surface area contributed by atoms with E-state index in [0.29, 0.717) is 17.3 Å². The smallest absolute Gasteiger partial charge is 0.261 e. The zero-order chi connectivity index (χ0) is 12.3. The van der Waals surface area contributed by atoms with Gasteiger partial charge in [0.15, 0.2) is 0 Å². The normalized spacial score (nSPS) is 10.5. The van der Waals surface area contributed by atoms with Gasteiger partial charge in [-0.05, 0) is 28.1 Å². The van der Waals surface area contributed by atoms with Crippen molar-refractivity contribution in [3.05, 3.63) is 38.6 Å². The predicted molar refractivity (Wildman–Crippen MR) is 69.1 cm³/mol. The molecule has 0 aliphatic heterocycles. The van der Waals surface area contributed by atoms with E-state index in [1.54, 1.807) is 12.3 Å². The van der Waals surface area contributed by atoms with Crippen molar-refractivity contribution >= 4 is 33.2 Å². The Morgan fingerprint density at radius 1 is 1.59 bits per heavy atom. The highest BCUT2D eigenvalue weighted by Crippen LogP contribution is 2.21. The van der Waals surface area contributed by atoms with E-state index < -0.39 is 0 Å². The highest BCUT2D eigenvalue weighted by molar-refractivity contribution is 9.11. The number of hydrogen-bond donors (Lipinski definition) is 1. The van der Waals surface area contributed by atoms with E-state index in [2.05, 4.69) is 26.2 Å². The number of aromatic nitrogens is 1. The quantitative estimate of drug-likeness (QED) is 0.943. The van der Waals surface area contributed by atoms with Crippen LogP contribution in [0.5, 0.6) is 0 Å². The molecule has 0 aliphatic rings. The van der Waals surface area contributed by atoms with Gasteiger partial charge in [-0.25, -0.2) is 4.98 Å². The fourth-order valence-corrected chi connectivity index (χ4v) is 2.57. The fourth-order valence-electron chi connectivity index (χ4n) is 1.27. The summed E-state index contributed by atoms with van der Waals surface area (Å²) in [5, 5.41) is 2.76. The van der Waals surface area contributed by atoms with E-state index in [4.69, 9.17) is 4.42 Å². The molecule has 0 bridgehead atoms. The largest absolute Gasteiger partial charge is 0.444 e. The van der Waals surface area contributed by atoms with Crippen LogP contribution in [-0.2, 0) is 13.0 Å². The summed E-state index contributed by atoms with van der Waals surface area (Å²) in [6.07, 6.45) is 2.49. The van der Waals surface area contributed by atoms with Crippen LogP contribution in [0.1, 0.15) is 28.2 Å². The van der Waals surface area contributed by atoms with Crippen molar-refractivity contribution in [1.29, 1.82) is 0 Å².